The summed E-state index contributed by atoms with van der Waals surface area (Å²) in [6, 6.07) is 10.7. The molecule has 0 N–H and O–H groups in total. The average Bonchev–Trinajstić information content (AvgIpc) is 2.78. The summed E-state index contributed by atoms with van der Waals surface area (Å²) < 4.78 is 0. The standard InChI is InChI=1S/C24H32N2O.C2H6/c1-4-11-23(5-2)26(24(6-3)20-27)19-22-14-10-16-25(18-22)17-15-21-12-8-7-9-13-21;1-2/h4-5,7-9,11-13,22H,1-2,6,10,14-19H2,3H3;1-2H3/b23-11+;. The van der Waals surface area contributed by atoms with E-state index < -0.39 is 0 Å². The Balaban J connectivity index is 0.00000204. The third-order valence-corrected chi connectivity index (χ3v) is 5.19. The maximum atomic E-state index is 11.5. The molecule has 1 aliphatic heterocycles. The van der Waals surface area contributed by atoms with Gasteiger partial charge in [0.25, 0.3) is 0 Å². The highest BCUT2D eigenvalue weighted by Crippen LogP contribution is 2.23. The summed E-state index contributed by atoms with van der Waals surface area (Å²) in [5.74, 6) is 2.65. The van der Waals surface area contributed by atoms with Gasteiger partial charge in [-0.3, -0.25) is 0 Å². The molecule has 1 heterocycles. The molecule has 0 aliphatic carbocycles. The smallest absolute Gasteiger partial charge is 0.146 e. The average molecular weight is 395 g/mol. The third-order valence-electron chi connectivity index (χ3n) is 5.19. The van der Waals surface area contributed by atoms with E-state index in [1.165, 1.54) is 18.4 Å². The van der Waals surface area contributed by atoms with Gasteiger partial charge in [-0.25, -0.2) is 4.79 Å². The second kappa shape index (κ2) is 14.6. The third kappa shape index (κ3) is 8.27. The van der Waals surface area contributed by atoms with Crippen molar-refractivity contribution in [2.75, 3.05) is 26.2 Å². The summed E-state index contributed by atoms with van der Waals surface area (Å²) in [6.45, 7) is 17.8. The maximum absolute atomic E-state index is 11.5. The number of allylic oxidation sites excluding steroid dienone is 4. The molecule has 0 saturated carbocycles. The Hall–Kier alpha value is -2.35. The number of rotatable bonds is 10. The Labute approximate surface area is 178 Å². The fourth-order valence-corrected chi connectivity index (χ4v) is 3.77. The first-order chi connectivity index (χ1) is 14.2. The number of hydrogen-bond acceptors (Lipinski definition) is 3. The van der Waals surface area contributed by atoms with Crippen molar-refractivity contribution in [3.8, 4) is 0 Å². The summed E-state index contributed by atoms with van der Waals surface area (Å²) in [4.78, 5) is 16.1. The van der Waals surface area contributed by atoms with Crippen LogP contribution in [0.25, 0.3) is 0 Å². The predicted molar refractivity (Wildman–Crippen MR) is 125 cm³/mol. The molecule has 0 bridgehead atoms. The van der Waals surface area contributed by atoms with E-state index in [9.17, 15) is 4.79 Å². The highest BCUT2D eigenvalue weighted by atomic mass is 16.1. The zero-order valence-corrected chi connectivity index (χ0v) is 18.6. The molecular weight excluding hydrogens is 356 g/mol. The number of benzene rings is 1. The van der Waals surface area contributed by atoms with Gasteiger partial charge in [0.1, 0.15) is 11.6 Å². The van der Waals surface area contributed by atoms with Crippen molar-refractivity contribution in [1.29, 1.82) is 0 Å². The van der Waals surface area contributed by atoms with Gasteiger partial charge in [-0.1, -0.05) is 70.3 Å². The van der Waals surface area contributed by atoms with Crippen molar-refractivity contribution in [1.82, 2.24) is 9.80 Å². The molecule has 1 saturated heterocycles. The zero-order chi connectivity index (χ0) is 21.5. The summed E-state index contributed by atoms with van der Waals surface area (Å²) in [6.07, 6.45) is 9.59. The molecule has 0 spiro atoms. The molecule has 0 amide bonds. The molecule has 0 aromatic heterocycles. The van der Waals surface area contributed by atoms with Crippen molar-refractivity contribution in [2.45, 2.75) is 46.5 Å². The Morgan fingerprint density at radius 3 is 2.59 bits per heavy atom. The van der Waals surface area contributed by atoms with E-state index in [2.05, 4.69) is 59.2 Å². The lowest BCUT2D eigenvalue weighted by Crippen LogP contribution is -2.41. The van der Waals surface area contributed by atoms with Crippen LogP contribution in [0.2, 0.25) is 0 Å². The highest BCUT2D eigenvalue weighted by Gasteiger charge is 2.24. The zero-order valence-electron chi connectivity index (χ0n) is 18.6. The van der Waals surface area contributed by atoms with Crippen LogP contribution in [0.1, 0.15) is 45.6 Å². The number of piperidine rings is 1. The molecule has 2 rings (SSSR count). The Bertz CT molecular complexity index is 686. The quantitative estimate of drug-likeness (QED) is 0.378. The second-order valence-corrected chi connectivity index (χ2v) is 7.09. The van der Waals surface area contributed by atoms with Crippen LogP contribution in [0, 0.1) is 5.92 Å². The topological polar surface area (TPSA) is 23.6 Å². The van der Waals surface area contributed by atoms with E-state index in [1.54, 1.807) is 12.2 Å². The van der Waals surface area contributed by atoms with E-state index in [4.69, 9.17) is 0 Å². The largest absolute Gasteiger partial charge is 0.336 e. The molecule has 1 atom stereocenters. The Morgan fingerprint density at radius 1 is 1.28 bits per heavy atom. The van der Waals surface area contributed by atoms with Crippen LogP contribution in [0.3, 0.4) is 0 Å². The van der Waals surface area contributed by atoms with Crippen LogP contribution < -0.4 is 0 Å². The fourth-order valence-electron chi connectivity index (χ4n) is 3.77. The molecule has 3 nitrogen and oxygen atoms in total. The van der Waals surface area contributed by atoms with Crippen molar-refractivity contribution in [3.63, 3.8) is 0 Å². The predicted octanol–water partition coefficient (Wildman–Crippen LogP) is 5.65. The Kier molecular flexibility index (Phi) is 12.4. The molecule has 1 unspecified atom stereocenters. The summed E-state index contributed by atoms with van der Waals surface area (Å²) in [5, 5.41) is 0. The molecular formula is C26H38N2O. The SMILES string of the molecule is C=C/C=C(\C=C)N(CC1CCCN(CCc2ccccc2)C1)C(=C=O)CC.CC. The minimum absolute atomic E-state index is 0.526. The summed E-state index contributed by atoms with van der Waals surface area (Å²) in [7, 11) is 0. The van der Waals surface area contributed by atoms with E-state index in [0.717, 1.165) is 38.3 Å². The minimum atomic E-state index is 0.526. The van der Waals surface area contributed by atoms with Gasteiger partial charge in [0.2, 0.25) is 0 Å². The molecule has 1 aliphatic rings. The minimum Gasteiger partial charge on any atom is -0.336 e. The molecule has 1 aromatic rings. The summed E-state index contributed by atoms with van der Waals surface area (Å²) >= 11 is 0. The van der Waals surface area contributed by atoms with E-state index in [1.807, 2.05) is 26.8 Å². The van der Waals surface area contributed by atoms with Crippen LogP contribution in [0.15, 0.2) is 73.1 Å². The lowest BCUT2D eigenvalue weighted by atomic mass is 9.96. The van der Waals surface area contributed by atoms with Gasteiger partial charge in [0.15, 0.2) is 0 Å². The van der Waals surface area contributed by atoms with Crippen LogP contribution >= 0.6 is 0 Å². The van der Waals surface area contributed by atoms with E-state index in [0.29, 0.717) is 18.0 Å². The lowest BCUT2D eigenvalue weighted by Gasteiger charge is -2.36. The molecule has 3 heteroatoms. The van der Waals surface area contributed by atoms with E-state index >= 15 is 0 Å². The normalized spacial score (nSPS) is 16.8. The fraction of sp³-hybridized carbons (Fsp3) is 0.462. The lowest BCUT2D eigenvalue weighted by molar-refractivity contribution is 0.156. The number of nitrogens with zero attached hydrogens (tertiary/aromatic N) is 2. The van der Waals surface area contributed by atoms with Gasteiger partial charge >= 0.3 is 0 Å². The molecule has 1 fully saturated rings. The van der Waals surface area contributed by atoms with Gasteiger partial charge in [-0.15, -0.1) is 0 Å². The van der Waals surface area contributed by atoms with Gasteiger partial charge < -0.3 is 9.80 Å². The molecule has 1 aromatic carbocycles. The number of likely N-dealkylation sites (tertiary alicyclic amines) is 1. The first kappa shape index (κ1) is 24.7. The van der Waals surface area contributed by atoms with Crippen LogP contribution in [0.4, 0.5) is 0 Å². The first-order valence-electron chi connectivity index (χ1n) is 10.9. The van der Waals surface area contributed by atoms with Gasteiger partial charge in [-0.2, -0.15) is 0 Å². The second-order valence-electron chi connectivity index (χ2n) is 7.09. The van der Waals surface area contributed by atoms with Crippen LogP contribution in [-0.4, -0.2) is 41.9 Å². The van der Waals surface area contributed by atoms with Crippen molar-refractivity contribution in [2.24, 2.45) is 5.92 Å². The number of hydrogen-bond donors (Lipinski definition) is 0. The van der Waals surface area contributed by atoms with Crippen molar-refractivity contribution < 1.29 is 4.79 Å². The summed E-state index contributed by atoms with van der Waals surface area (Å²) in [5.41, 5.74) is 3.00. The van der Waals surface area contributed by atoms with E-state index in [-0.39, 0.29) is 0 Å². The molecule has 29 heavy (non-hydrogen) atoms. The van der Waals surface area contributed by atoms with Crippen molar-refractivity contribution in [3.05, 3.63) is 78.7 Å². The van der Waals surface area contributed by atoms with Gasteiger partial charge in [-0.05, 0) is 55.9 Å². The molecule has 158 valence electrons. The van der Waals surface area contributed by atoms with Gasteiger partial charge in [0.05, 0.1) is 0 Å². The monoisotopic (exact) mass is 394 g/mol. The number of carbonyl (C=O) groups excluding carboxylic acids is 1. The Morgan fingerprint density at radius 2 is 2.00 bits per heavy atom. The molecule has 0 radical (unpaired) electrons. The van der Waals surface area contributed by atoms with Crippen molar-refractivity contribution >= 4 is 5.94 Å². The van der Waals surface area contributed by atoms with Crippen LogP contribution in [-0.2, 0) is 11.2 Å². The highest BCUT2D eigenvalue weighted by molar-refractivity contribution is 5.53. The maximum Gasteiger partial charge on any atom is 0.146 e. The first-order valence-corrected chi connectivity index (χ1v) is 10.9. The van der Waals surface area contributed by atoms with Gasteiger partial charge in [0, 0.05) is 25.3 Å². The van der Waals surface area contributed by atoms with Crippen LogP contribution in [0.5, 0.6) is 0 Å².